The van der Waals surface area contributed by atoms with Crippen molar-refractivity contribution in [1.82, 2.24) is 10.3 Å². The van der Waals surface area contributed by atoms with Gasteiger partial charge in [-0.1, -0.05) is 42.1 Å². The number of nitrogens with zero attached hydrogens (tertiary/aromatic N) is 2. The van der Waals surface area contributed by atoms with Crippen LogP contribution in [0.25, 0.3) is 0 Å². The van der Waals surface area contributed by atoms with Gasteiger partial charge in [0.15, 0.2) is 5.17 Å². The van der Waals surface area contributed by atoms with Gasteiger partial charge in [-0.15, -0.1) is 5.10 Å². The van der Waals surface area contributed by atoms with E-state index in [1.807, 2.05) is 54.6 Å². The van der Waals surface area contributed by atoms with Crippen molar-refractivity contribution in [2.45, 2.75) is 25.6 Å². The van der Waals surface area contributed by atoms with E-state index >= 15 is 0 Å². The van der Waals surface area contributed by atoms with Crippen molar-refractivity contribution < 1.29 is 19.1 Å². The van der Waals surface area contributed by atoms with Crippen LogP contribution in [0, 0.1) is 0 Å². The summed E-state index contributed by atoms with van der Waals surface area (Å²) in [5, 5.41) is 8.26. The van der Waals surface area contributed by atoms with Crippen molar-refractivity contribution in [2.24, 2.45) is 5.10 Å². The molecule has 8 heteroatoms. The lowest BCUT2D eigenvalue weighted by atomic mass is 10.2. The highest BCUT2D eigenvalue weighted by atomic mass is 32.2. The van der Waals surface area contributed by atoms with Gasteiger partial charge in [0.25, 0.3) is 0 Å². The maximum atomic E-state index is 12.0. The monoisotopic (exact) mass is 413 g/mol. The van der Waals surface area contributed by atoms with Gasteiger partial charge in [0.1, 0.15) is 16.9 Å². The number of rotatable bonds is 7. The molecule has 7 nitrogen and oxygen atoms in total. The maximum Gasteiger partial charge on any atom is 0.241 e. The van der Waals surface area contributed by atoms with Crippen molar-refractivity contribution >= 4 is 28.7 Å². The highest BCUT2D eigenvalue weighted by molar-refractivity contribution is 8.14. The van der Waals surface area contributed by atoms with Crippen LogP contribution in [0.2, 0.25) is 0 Å². The number of amides is 2. The van der Waals surface area contributed by atoms with Crippen LogP contribution in [-0.4, -0.2) is 35.2 Å². The van der Waals surface area contributed by atoms with E-state index in [-0.39, 0.29) is 17.2 Å². The average molecular weight is 413 g/mol. The van der Waals surface area contributed by atoms with Gasteiger partial charge < -0.3 is 14.8 Å². The van der Waals surface area contributed by atoms with Crippen LogP contribution >= 0.6 is 11.8 Å². The van der Waals surface area contributed by atoms with Crippen molar-refractivity contribution in [3.8, 4) is 11.5 Å². The van der Waals surface area contributed by atoms with Crippen LogP contribution in [-0.2, 0) is 9.59 Å². The summed E-state index contributed by atoms with van der Waals surface area (Å²) in [7, 11) is 0. The first kappa shape index (κ1) is 20.7. The Hall–Kier alpha value is -3.00. The first-order chi connectivity index (χ1) is 14.0. The van der Waals surface area contributed by atoms with E-state index in [2.05, 4.69) is 10.4 Å². The summed E-state index contributed by atoms with van der Waals surface area (Å²) in [6.07, 6.45) is 0.743. The third-order valence-corrected chi connectivity index (χ3v) is 5.06. The van der Waals surface area contributed by atoms with Crippen molar-refractivity contribution in [2.75, 3.05) is 13.2 Å². The molecular formula is C21H23N3O4S. The highest BCUT2D eigenvalue weighted by Gasteiger charge is 2.32. The summed E-state index contributed by atoms with van der Waals surface area (Å²) in [5.41, 5.74) is 0.868. The predicted molar refractivity (Wildman–Crippen MR) is 113 cm³/mol. The fourth-order valence-corrected chi connectivity index (χ4v) is 3.82. The Kier molecular flexibility index (Phi) is 7.13. The Morgan fingerprint density at radius 2 is 1.72 bits per heavy atom. The molecular weight excluding hydrogens is 390 g/mol. The van der Waals surface area contributed by atoms with Crippen LogP contribution in [0.1, 0.15) is 31.2 Å². The Balaban J connectivity index is 1.54. The first-order valence-corrected chi connectivity index (χ1v) is 10.1. The number of hydrogen-bond donors (Lipinski definition) is 1. The van der Waals surface area contributed by atoms with Crippen molar-refractivity contribution in [3.05, 3.63) is 60.2 Å². The van der Waals surface area contributed by atoms with E-state index < -0.39 is 0 Å². The molecule has 0 unspecified atom stereocenters. The molecule has 1 heterocycles. The Morgan fingerprint density at radius 1 is 1.03 bits per heavy atom. The third-order valence-electron chi connectivity index (χ3n) is 3.96. The molecule has 152 valence electrons. The SMILES string of the molecule is CC(=O)NC1=NN(C(C)=O)[C@H](c2cccc(OCCCOc3ccccc3)c2)S1. The molecule has 0 aliphatic carbocycles. The van der Waals surface area contributed by atoms with E-state index in [1.165, 1.54) is 30.6 Å². The lowest BCUT2D eigenvalue weighted by Gasteiger charge is -2.19. The molecule has 3 rings (SSSR count). The number of benzene rings is 2. The number of nitrogens with one attached hydrogen (secondary N) is 1. The summed E-state index contributed by atoms with van der Waals surface area (Å²) in [4.78, 5) is 23.3. The van der Waals surface area contributed by atoms with Crippen LogP contribution in [0.3, 0.4) is 0 Å². The summed E-state index contributed by atoms with van der Waals surface area (Å²) in [5.74, 6) is 1.12. The quantitative estimate of drug-likeness (QED) is 0.703. The van der Waals surface area contributed by atoms with Gasteiger partial charge >= 0.3 is 0 Å². The number of hydrazone groups is 1. The Bertz CT molecular complexity index is 889. The van der Waals surface area contributed by atoms with Crippen LogP contribution in [0.4, 0.5) is 0 Å². The summed E-state index contributed by atoms with van der Waals surface area (Å²) < 4.78 is 11.5. The lowest BCUT2D eigenvalue weighted by molar-refractivity contribution is -0.129. The molecule has 0 radical (unpaired) electrons. The molecule has 2 amide bonds. The fourth-order valence-electron chi connectivity index (χ4n) is 2.69. The van der Waals surface area contributed by atoms with Gasteiger partial charge in [-0.05, 0) is 29.8 Å². The van der Waals surface area contributed by atoms with Gasteiger partial charge in [0.05, 0.1) is 13.2 Å². The second-order valence-corrected chi connectivity index (χ2v) is 7.43. The second-order valence-electron chi connectivity index (χ2n) is 6.36. The van der Waals surface area contributed by atoms with E-state index in [0.717, 1.165) is 17.7 Å². The number of para-hydroxylation sites is 1. The fraction of sp³-hybridized carbons (Fsp3) is 0.286. The molecule has 0 spiro atoms. The molecule has 2 aromatic carbocycles. The lowest BCUT2D eigenvalue weighted by Crippen LogP contribution is -2.25. The molecule has 0 saturated heterocycles. The van der Waals surface area contributed by atoms with Gasteiger partial charge in [0.2, 0.25) is 11.8 Å². The average Bonchev–Trinajstić information content (AvgIpc) is 3.12. The molecule has 29 heavy (non-hydrogen) atoms. The van der Waals surface area contributed by atoms with Crippen LogP contribution < -0.4 is 14.8 Å². The van der Waals surface area contributed by atoms with Crippen LogP contribution in [0.15, 0.2) is 59.7 Å². The molecule has 1 aliphatic heterocycles. The zero-order valence-electron chi connectivity index (χ0n) is 16.3. The molecule has 0 saturated carbocycles. The first-order valence-electron chi connectivity index (χ1n) is 9.26. The largest absolute Gasteiger partial charge is 0.493 e. The molecule has 0 fully saturated rings. The number of carbonyl (C=O) groups excluding carboxylic acids is 2. The summed E-state index contributed by atoms with van der Waals surface area (Å²) in [6.45, 7) is 3.93. The van der Waals surface area contributed by atoms with E-state index in [1.54, 1.807) is 0 Å². The number of ether oxygens (including phenoxy) is 2. The standard InChI is InChI=1S/C21H23N3O4S/c1-15(25)22-21-23-24(16(2)26)20(29-21)17-8-6-11-19(14-17)28-13-7-12-27-18-9-4-3-5-10-18/h3-6,8-11,14,20H,7,12-13H2,1-2H3,(H,22,23,25)/t20-/m0/s1. The summed E-state index contributed by atoms with van der Waals surface area (Å²) >= 11 is 1.31. The Morgan fingerprint density at radius 3 is 2.41 bits per heavy atom. The van der Waals surface area contributed by atoms with E-state index in [0.29, 0.717) is 24.1 Å². The normalized spacial score (nSPS) is 15.6. The molecule has 1 N–H and O–H groups in total. The molecule has 1 atom stereocenters. The van der Waals surface area contributed by atoms with E-state index in [9.17, 15) is 9.59 Å². The predicted octanol–water partition coefficient (Wildman–Crippen LogP) is 3.54. The zero-order chi connectivity index (χ0) is 20.6. The topological polar surface area (TPSA) is 80.2 Å². The maximum absolute atomic E-state index is 12.0. The van der Waals surface area contributed by atoms with Gasteiger partial charge in [0, 0.05) is 20.3 Å². The second kappa shape index (κ2) is 9.97. The van der Waals surface area contributed by atoms with Crippen molar-refractivity contribution in [3.63, 3.8) is 0 Å². The molecule has 2 aromatic rings. The van der Waals surface area contributed by atoms with Gasteiger partial charge in [-0.2, -0.15) is 0 Å². The third kappa shape index (κ3) is 5.99. The smallest absolute Gasteiger partial charge is 0.241 e. The number of carbonyl (C=O) groups is 2. The van der Waals surface area contributed by atoms with Gasteiger partial charge in [-0.3, -0.25) is 9.59 Å². The Labute approximate surface area is 174 Å². The molecule has 1 aliphatic rings. The van der Waals surface area contributed by atoms with Crippen molar-refractivity contribution in [1.29, 1.82) is 0 Å². The minimum atomic E-state index is -0.348. The van der Waals surface area contributed by atoms with Gasteiger partial charge in [-0.25, -0.2) is 5.01 Å². The minimum Gasteiger partial charge on any atom is -0.493 e. The number of thioether (sulfide) groups is 1. The summed E-state index contributed by atoms with van der Waals surface area (Å²) in [6, 6.07) is 17.2. The number of amidine groups is 1. The zero-order valence-corrected chi connectivity index (χ0v) is 17.1. The van der Waals surface area contributed by atoms with Crippen LogP contribution in [0.5, 0.6) is 11.5 Å². The highest BCUT2D eigenvalue weighted by Crippen LogP contribution is 2.39. The molecule has 0 aromatic heterocycles. The minimum absolute atomic E-state index is 0.202. The molecule has 0 bridgehead atoms. The van der Waals surface area contributed by atoms with E-state index in [4.69, 9.17) is 9.47 Å². The number of hydrogen-bond acceptors (Lipinski definition) is 6.